The number of aromatic nitrogens is 4. The minimum Gasteiger partial charge on any atom is -0.247 e. The summed E-state index contributed by atoms with van der Waals surface area (Å²) in [5.74, 6) is 0. The summed E-state index contributed by atoms with van der Waals surface area (Å²) in [6, 6.07) is 1.96. The Morgan fingerprint density at radius 2 is 1.58 bits per heavy atom. The van der Waals surface area contributed by atoms with Crippen LogP contribution in [0.2, 0.25) is 0 Å². The monoisotopic (exact) mass is 388 g/mol. The molecule has 0 saturated carbocycles. The predicted octanol–water partition coefficient (Wildman–Crippen LogP) is 1.78. The molecule has 7 nitrogen and oxygen atoms in total. The van der Waals surface area contributed by atoms with E-state index in [1.54, 1.807) is 16.7 Å². The summed E-state index contributed by atoms with van der Waals surface area (Å²) in [6.45, 7) is 7.15. The normalized spacial score (nSPS) is 10.8. The van der Waals surface area contributed by atoms with Crippen molar-refractivity contribution in [3.8, 4) is 10.6 Å². The number of rotatable bonds is 7. The molecule has 0 amide bonds. The Labute approximate surface area is 156 Å². The standard InChI is InChI=1S/C17H16N4O3S2/c1-3-6-19-15(22)20(7-4-2)17(24)21(16(19)23)9-13-11-26-14(18-13)12-5-8-25-10-12/h3-5,8,10-11H,1-2,6-7,9H2. The van der Waals surface area contributed by atoms with Crippen molar-refractivity contribution in [2.75, 3.05) is 0 Å². The van der Waals surface area contributed by atoms with Gasteiger partial charge in [-0.1, -0.05) is 12.2 Å². The van der Waals surface area contributed by atoms with E-state index in [-0.39, 0.29) is 19.6 Å². The highest BCUT2D eigenvalue weighted by Crippen LogP contribution is 2.25. The molecule has 0 bridgehead atoms. The predicted molar refractivity (Wildman–Crippen MR) is 104 cm³/mol. The Morgan fingerprint density at radius 1 is 0.962 bits per heavy atom. The molecule has 3 rings (SSSR count). The number of thiazole rings is 1. The number of hydrogen-bond acceptors (Lipinski definition) is 6. The highest BCUT2D eigenvalue weighted by molar-refractivity contribution is 7.14. The zero-order valence-corrected chi connectivity index (χ0v) is 15.5. The quantitative estimate of drug-likeness (QED) is 0.578. The van der Waals surface area contributed by atoms with Gasteiger partial charge >= 0.3 is 17.1 Å². The maximum atomic E-state index is 12.6. The third-order valence-electron chi connectivity index (χ3n) is 3.65. The molecule has 0 aliphatic carbocycles. The molecular weight excluding hydrogens is 372 g/mol. The van der Waals surface area contributed by atoms with E-state index < -0.39 is 17.1 Å². The molecule has 0 aliphatic rings. The SMILES string of the molecule is C=CCn1c(=O)n(CC=C)c(=O)n(Cc2csc(-c3ccsc3)n2)c1=O. The van der Waals surface area contributed by atoms with Crippen LogP contribution in [0.1, 0.15) is 5.69 Å². The Morgan fingerprint density at radius 3 is 2.12 bits per heavy atom. The summed E-state index contributed by atoms with van der Waals surface area (Å²) < 4.78 is 2.97. The molecule has 0 fully saturated rings. The molecule has 0 radical (unpaired) electrons. The van der Waals surface area contributed by atoms with Crippen molar-refractivity contribution in [2.24, 2.45) is 0 Å². The second-order valence-corrected chi connectivity index (χ2v) is 7.03. The Bertz CT molecular complexity index is 1070. The van der Waals surface area contributed by atoms with Crippen molar-refractivity contribution in [1.82, 2.24) is 18.7 Å². The minimum atomic E-state index is -0.676. The van der Waals surface area contributed by atoms with Crippen molar-refractivity contribution < 1.29 is 0 Å². The zero-order valence-electron chi connectivity index (χ0n) is 13.8. The van der Waals surface area contributed by atoms with Gasteiger partial charge in [-0.05, 0) is 11.4 Å². The summed E-state index contributed by atoms with van der Waals surface area (Å²) in [5, 5.41) is 6.57. The van der Waals surface area contributed by atoms with Crippen LogP contribution < -0.4 is 17.1 Å². The Balaban J connectivity index is 2.08. The molecule has 0 N–H and O–H groups in total. The molecular formula is C17H16N4O3S2. The molecule has 3 heterocycles. The van der Waals surface area contributed by atoms with Crippen LogP contribution in [0, 0.1) is 0 Å². The number of hydrogen-bond donors (Lipinski definition) is 0. The van der Waals surface area contributed by atoms with Gasteiger partial charge in [0.1, 0.15) is 5.01 Å². The number of allylic oxidation sites excluding steroid dienone is 2. The van der Waals surface area contributed by atoms with Gasteiger partial charge in [0.05, 0.1) is 25.3 Å². The lowest BCUT2D eigenvalue weighted by atomic mass is 10.3. The van der Waals surface area contributed by atoms with Crippen LogP contribution in [-0.2, 0) is 19.6 Å². The summed E-state index contributed by atoms with van der Waals surface area (Å²) in [5.41, 5.74) is -0.437. The largest absolute Gasteiger partial charge is 0.336 e. The van der Waals surface area contributed by atoms with Crippen LogP contribution in [0.25, 0.3) is 10.6 Å². The number of thiophene rings is 1. The van der Waals surface area contributed by atoms with E-state index >= 15 is 0 Å². The van der Waals surface area contributed by atoms with E-state index in [9.17, 15) is 14.4 Å². The summed E-state index contributed by atoms with van der Waals surface area (Å²) in [7, 11) is 0. The van der Waals surface area contributed by atoms with Gasteiger partial charge in [-0.25, -0.2) is 33.1 Å². The first kappa shape index (κ1) is 18.0. The second kappa shape index (κ2) is 7.63. The van der Waals surface area contributed by atoms with Crippen LogP contribution in [0.15, 0.2) is 61.9 Å². The minimum absolute atomic E-state index is 0.00707. The van der Waals surface area contributed by atoms with Crippen molar-refractivity contribution >= 4 is 22.7 Å². The second-order valence-electron chi connectivity index (χ2n) is 5.39. The van der Waals surface area contributed by atoms with Crippen LogP contribution in [0.5, 0.6) is 0 Å². The van der Waals surface area contributed by atoms with Crippen LogP contribution in [0.3, 0.4) is 0 Å². The maximum absolute atomic E-state index is 12.6. The van der Waals surface area contributed by atoms with E-state index in [0.717, 1.165) is 24.3 Å². The summed E-state index contributed by atoms with van der Waals surface area (Å²) in [6.07, 6.45) is 2.88. The average Bonchev–Trinajstić information content (AvgIpc) is 3.30. The van der Waals surface area contributed by atoms with Gasteiger partial charge in [-0.3, -0.25) is 0 Å². The first-order valence-electron chi connectivity index (χ1n) is 7.70. The van der Waals surface area contributed by atoms with Crippen molar-refractivity contribution in [1.29, 1.82) is 0 Å². The van der Waals surface area contributed by atoms with Crippen molar-refractivity contribution in [3.05, 3.63) is 84.7 Å². The van der Waals surface area contributed by atoms with Gasteiger partial charge in [-0.2, -0.15) is 11.3 Å². The van der Waals surface area contributed by atoms with Crippen LogP contribution in [0.4, 0.5) is 0 Å². The highest BCUT2D eigenvalue weighted by Gasteiger charge is 2.15. The molecule has 0 saturated heterocycles. The molecule has 3 aromatic heterocycles. The molecule has 0 aliphatic heterocycles. The molecule has 0 spiro atoms. The van der Waals surface area contributed by atoms with Crippen LogP contribution >= 0.6 is 22.7 Å². The molecule has 134 valence electrons. The molecule has 0 aromatic carbocycles. The van der Waals surface area contributed by atoms with Crippen molar-refractivity contribution in [2.45, 2.75) is 19.6 Å². The van der Waals surface area contributed by atoms with E-state index in [0.29, 0.717) is 5.69 Å². The third-order valence-corrected chi connectivity index (χ3v) is 5.27. The fourth-order valence-electron chi connectivity index (χ4n) is 2.45. The molecule has 0 atom stereocenters. The lowest BCUT2D eigenvalue weighted by molar-refractivity contribution is 0.496. The van der Waals surface area contributed by atoms with Gasteiger partial charge in [0.2, 0.25) is 0 Å². The van der Waals surface area contributed by atoms with E-state index in [2.05, 4.69) is 18.1 Å². The molecule has 26 heavy (non-hydrogen) atoms. The topological polar surface area (TPSA) is 78.9 Å². The van der Waals surface area contributed by atoms with Gasteiger partial charge < -0.3 is 0 Å². The van der Waals surface area contributed by atoms with Gasteiger partial charge in [0.15, 0.2) is 0 Å². The first-order valence-corrected chi connectivity index (χ1v) is 9.52. The van der Waals surface area contributed by atoms with Gasteiger partial charge in [-0.15, -0.1) is 24.5 Å². The van der Waals surface area contributed by atoms with Crippen molar-refractivity contribution in [3.63, 3.8) is 0 Å². The van der Waals surface area contributed by atoms with E-state index in [1.807, 2.05) is 16.8 Å². The Hall–Kier alpha value is -2.78. The van der Waals surface area contributed by atoms with Crippen LogP contribution in [-0.4, -0.2) is 18.7 Å². The molecule has 0 unspecified atom stereocenters. The van der Waals surface area contributed by atoms with Gasteiger partial charge in [0.25, 0.3) is 0 Å². The average molecular weight is 388 g/mol. The van der Waals surface area contributed by atoms with E-state index in [4.69, 9.17) is 0 Å². The van der Waals surface area contributed by atoms with Gasteiger partial charge in [0, 0.05) is 16.3 Å². The smallest absolute Gasteiger partial charge is 0.247 e. The summed E-state index contributed by atoms with van der Waals surface area (Å²) in [4.78, 5) is 42.1. The third kappa shape index (κ3) is 3.31. The lowest BCUT2D eigenvalue weighted by Gasteiger charge is -2.11. The fraction of sp³-hybridized carbons (Fsp3) is 0.176. The summed E-state index contributed by atoms with van der Waals surface area (Å²) >= 11 is 3.01. The highest BCUT2D eigenvalue weighted by atomic mass is 32.1. The first-order chi connectivity index (χ1) is 12.6. The molecule has 3 aromatic rings. The lowest BCUT2D eigenvalue weighted by Crippen LogP contribution is -2.54. The fourth-order valence-corrected chi connectivity index (χ4v) is 3.97. The number of nitrogens with zero attached hydrogens (tertiary/aromatic N) is 4. The zero-order chi connectivity index (χ0) is 18.7. The van der Waals surface area contributed by atoms with E-state index in [1.165, 1.54) is 23.5 Å². The Kier molecular flexibility index (Phi) is 5.29. The maximum Gasteiger partial charge on any atom is 0.336 e. The molecule has 9 heteroatoms.